The SMILES string of the molecule is COC(=O)c1sc(CC(C)(C)C)nc1C. The van der Waals surface area contributed by atoms with Crippen molar-refractivity contribution in [2.75, 3.05) is 7.11 Å². The minimum atomic E-state index is -0.287. The predicted molar refractivity (Wildman–Crippen MR) is 61.3 cm³/mol. The van der Waals surface area contributed by atoms with E-state index in [1.54, 1.807) is 0 Å². The van der Waals surface area contributed by atoms with Gasteiger partial charge in [-0.15, -0.1) is 11.3 Å². The molecule has 0 fully saturated rings. The molecule has 0 amide bonds. The third-order valence-corrected chi connectivity index (χ3v) is 3.03. The van der Waals surface area contributed by atoms with Gasteiger partial charge in [0.25, 0.3) is 0 Å². The van der Waals surface area contributed by atoms with Crippen molar-refractivity contribution in [1.82, 2.24) is 4.98 Å². The number of hydrogen-bond acceptors (Lipinski definition) is 4. The summed E-state index contributed by atoms with van der Waals surface area (Å²) in [6, 6.07) is 0. The van der Waals surface area contributed by atoms with Crippen molar-refractivity contribution in [3.63, 3.8) is 0 Å². The fourth-order valence-electron chi connectivity index (χ4n) is 1.26. The van der Waals surface area contributed by atoms with Crippen LogP contribution in [0, 0.1) is 12.3 Å². The minimum Gasteiger partial charge on any atom is -0.465 e. The molecule has 3 nitrogen and oxygen atoms in total. The van der Waals surface area contributed by atoms with E-state index in [1.165, 1.54) is 18.4 Å². The molecule has 0 atom stereocenters. The fraction of sp³-hybridized carbons (Fsp3) is 0.636. The highest BCUT2D eigenvalue weighted by molar-refractivity contribution is 7.13. The van der Waals surface area contributed by atoms with Crippen LogP contribution in [-0.4, -0.2) is 18.1 Å². The smallest absolute Gasteiger partial charge is 0.349 e. The summed E-state index contributed by atoms with van der Waals surface area (Å²) in [6.45, 7) is 8.31. The van der Waals surface area contributed by atoms with Crippen LogP contribution >= 0.6 is 11.3 Å². The van der Waals surface area contributed by atoms with Gasteiger partial charge < -0.3 is 4.74 Å². The number of methoxy groups -OCH3 is 1. The van der Waals surface area contributed by atoms with Gasteiger partial charge >= 0.3 is 5.97 Å². The number of thiazole rings is 1. The number of rotatable bonds is 2. The first-order chi connectivity index (χ1) is 6.83. The number of aromatic nitrogens is 1. The van der Waals surface area contributed by atoms with Crippen molar-refractivity contribution in [2.24, 2.45) is 5.41 Å². The van der Waals surface area contributed by atoms with Gasteiger partial charge in [-0.3, -0.25) is 0 Å². The number of ether oxygens (including phenoxy) is 1. The molecular weight excluding hydrogens is 210 g/mol. The third kappa shape index (κ3) is 3.30. The van der Waals surface area contributed by atoms with Crippen molar-refractivity contribution >= 4 is 17.3 Å². The Morgan fingerprint density at radius 1 is 1.47 bits per heavy atom. The van der Waals surface area contributed by atoms with Crippen molar-refractivity contribution in [3.8, 4) is 0 Å². The maximum Gasteiger partial charge on any atom is 0.349 e. The molecule has 0 spiro atoms. The standard InChI is InChI=1S/C11H17NO2S/c1-7-9(10(13)14-5)15-8(12-7)6-11(2,3)4/h6H2,1-5H3. The monoisotopic (exact) mass is 227 g/mol. The number of esters is 1. The molecule has 0 radical (unpaired) electrons. The first-order valence-corrected chi connectivity index (χ1v) is 5.70. The number of nitrogens with zero attached hydrogens (tertiary/aromatic N) is 1. The van der Waals surface area contributed by atoms with Crippen molar-refractivity contribution in [3.05, 3.63) is 15.6 Å². The second-order valence-electron chi connectivity index (χ2n) is 4.75. The Labute approximate surface area is 94.5 Å². The van der Waals surface area contributed by atoms with Crippen LogP contribution in [-0.2, 0) is 11.2 Å². The highest BCUT2D eigenvalue weighted by atomic mass is 32.1. The summed E-state index contributed by atoms with van der Waals surface area (Å²) < 4.78 is 4.69. The molecule has 1 rings (SSSR count). The van der Waals surface area contributed by atoms with E-state index < -0.39 is 0 Å². The summed E-state index contributed by atoms with van der Waals surface area (Å²) in [7, 11) is 1.39. The first kappa shape index (κ1) is 12.2. The Bertz CT molecular complexity index is 363. The molecule has 0 N–H and O–H groups in total. The summed E-state index contributed by atoms with van der Waals surface area (Å²) in [6.07, 6.45) is 0.884. The molecule has 0 saturated carbocycles. The quantitative estimate of drug-likeness (QED) is 0.729. The van der Waals surface area contributed by atoms with Gasteiger partial charge in [0.2, 0.25) is 0 Å². The molecule has 0 unspecified atom stereocenters. The van der Waals surface area contributed by atoms with E-state index in [0.29, 0.717) is 4.88 Å². The molecule has 1 aromatic rings. The molecule has 0 aliphatic carbocycles. The van der Waals surface area contributed by atoms with Gasteiger partial charge in [0.05, 0.1) is 17.8 Å². The van der Waals surface area contributed by atoms with Crippen LogP contribution in [0.5, 0.6) is 0 Å². The number of aryl methyl sites for hydroxylation is 1. The molecule has 84 valence electrons. The summed E-state index contributed by atoms with van der Waals surface area (Å²) in [5.41, 5.74) is 0.962. The molecule has 0 aromatic carbocycles. The minimum absolute atomic E-state index is 0.192. The average Bonchev–Trinajstić information content (AvgIpc) is 2.42. The second-order valence-corrected chi connectivity index (χ2v) is 5.83. The van der Waals surface area contributed by atoms with E-state index in [-0.39, 0.29) is 11.4 Å². The van der Waals surface area contributed by atoms with Crippen molar-refractivity contribution < 1.29 is 9.53 Å². The largest absolute Gasteiger partial charge is 0.465 e. The number of carbonyl (C=O) groups is 1. The van der Waals surface area contributed by atoms with E-state index in [2.05, 4.69) is 25.8 Å². The second kappa shape index (κ2) is 4.31. The molecule has 0 aliphatic rings. The Morgan fingerprint density at radius 3 is 2.53 bits per heavy atom. The lowest BCUT2D eigenvalue weighted by molar-refractivity contribution is 0.0605. The van der Waals surface area contributed by atoms with Crippen molar-refractivity contribution in [2.45, 2.75) is 34.1 Å². The molecule has 1 heterocycles. The van der Waals surface area contributed by atoms with Crippen LogP contribution in [0.1, 0.15) is 41.1 Å². The van der Waals surface area contributed by atoms with Gasteiger partial charge in [-0.25, -0.2) is 9.78 Å². The van der Waals surface area contributed by atoms with E-state index in [9.17, 15) is 4.79 Å². The molecule has 4 heteroatoms. The van der Waals surface area contributed by atoms with Gasteiger partial charge in [-0.05, 0) is 12.3 Å². The number of carbonyl (C=O) groups excluding carboxylic acids is 1. The fourth-order valence-corrected chi connectivity index (χ4v) is 2.55. The lowest BCUT2D eigenvalue weighted by atomic mass is 9.93. The molecule has 0 bridgehead atoms. The Kier molecular flexibility index (Phi) is 3.50. The zero-order valence-electron chi connectivity index (χ0n) is 9.88. The first-order valence-electron chi connectivity index (χ1n) is 4.88. The van der Waals surface area contributed by atoms with Gasteiger partial charge in [0.15, 0.2) is 0 Å². The third-order valence-electron chi connectivity index (χ3n) is 1.89. The number of hydrogen-bond donors (Lipinski definition) is 0. The Hall–Kier alpha value is -0.900. The van der Waals surface area contributed by atoms with Crippen LogP contribution in [0.25, 0.3) is 0 Å². The maximum absolute atomic E-state index is 11.4. The molecular formula is C11H17NO2S. The van der Waals surface area contributed by atoms with Crippen LogP contribution < -0.4 is 0 Å². The van der Waals surface area contributed by atoms with E-state index >= 15 is 0 Å². The molecule has 15 heavy (non-hydrogen) atoms. The Morgan fingerprint density at radius 2 is 2.07 bits per heavy atom. The summed E-state index contributed by atoms with van der Waals surface area (Å²) in [5, 5.41) is 1.00. The van der Waals surface area contributed by atoms with Crippen molar-refractivity contribution in [1.29, 1.82) is 0 Å². The van der Waals surface area contributed by atoms with Crippen LogP contribution in [0.2, 0.25) is 0 Å². The topological polar surface area (TPSA) is 39.2 Å². The van der Waals surface area contributed by atoms with Crippen LogP contribution in [0.4, 0.5) is 0 Å². The molecule has 0 saturated heterocycles. The maximum atomic E-state index is 11.4. The van der Waals surface area contributed by atoms with E-state index in [1.807, 2.05) is 6.92 Å². The normalized spacial score (nSPS) is 11.5. The van der Waals surface area contributed by atoms with Crippen LogP contribution in [0.3, 0.4) is 0 Å². The highest BCUT2D eigenvalue weighted by Crippen LogP contribution is 2.26. The summed E-state index contributed by atoms with van der Waals surface area (Å²) in [5.74, 6) is -0.287. The lowest BCUT2D eigenvalue weighted by Gasteiger charge is -2.15. The van der Waals surface area contributed by atoms with Gasteiger partial charge in [-0.1, -0.05) is 20.8 Å². The summed E-state index contributed by atoms with van der Waals surface area (Å²) in [4.78, 5) is 16.4. The highest BCUT2D eigenvalue weighted by Gasteiger charge is 2.19. The van der Waals surface area contributed by atoms with Gasteiger partial charge in [-0.2, -0.15) is 0 Å². The Balaban J connectivity index is 2.91. The predicted octanol–water partition coefficient (Wildman–Crippen LogP) is 2.83. The van der Waals surface area contributed by atoms with E-state index in [0.717, 1.165) is 17.1 Å². The van der Waals surface area contributed by atoms with Crippen LogP contribution in [0.15, 0.2) is 0 Å². The lowest BCUT2D eigenvalue weighted by Crippen LogP contribution is -2.08. The molecule has 0 aliphatic heterocycles. The zero-order chi connectivity index (χ0) is 11.6. The zero-order valence-corrected chi connectivity index (χ0v) is 10.7. The van der Waals surface area contributed by atoms with Gasteiger partial charge in [0.1, 0.15) is 4.88 Å². The van der Waals surface area contributed by atoms with E-state index in [4.69, 9.17) is 4.74 Å². The van der Waals surface area contributed by atoms with Gasteiger partial charge in [0, 0.05) is 6.42 Å². The summed E-state index contributed by atoms with van der Waals surface area (Å²) >= 11 is 1.43. The molecule has 1 aromatic heterocycles. The average molecular weight is 227 g/mol.